The van der Waals surface area contributed by atoms with Crippen LogP contribution >= 0.6 is 0 Å². The molecule has 2 aliphatic heterocycles. The second kappa shape index (κ2) is 8.06. The van der Waals surface area contributed by atoms with Crippen molar-refractivity contribution in [1.29, 1.82) is 0 Å². The van der Waals surface area contributed by atoms with Crippen LogP contribution in [0.25, 0.3) is 11.4 Å². The topological polar surface area (TPSA) is 83.7 Å². The van der Waals surface area contributed by atoms with E-state index in [9.17, 15) is 4.79 Å². The predicted octanol–water partition coefficient (Wildman–Crippen LogP) is 0.999. The van der Waals surface area contributed by atoms with E-state index in [0.717, 1.165) is 57.0 Å². The van der Waals surface area contributed by atoms with E-state index < -0.39 is 0 Å². The van der Waals surface area contributed by atoms with E-state index in [1.54, 1.807) is 7.11 Å². The summed E-state index contributed by atoms with van der Waals surface area (Å²) >= 11 is 0. The highest BCUT2D eigenvalue weighted by Gasteiger charge is 2.29. The fourth-order valence-corrected chi connectivity index (χ4v) is 3.62. The van der Waals surface area contributed by atoms with Gasteiger partial charge in [-0.15, -0.1) is 0 Å². The summed E-state index contributed by atoms with van der Waals surface area (Å²) in [6.45, 7) is 5.54. The number of benzene rings is 1. The number of nitrogens with zero attached hydrogens (tertiary/aromatic N) is 4. The standard InChI is InChI=1S/C19H25N5O3/c1-26-16-4-2-14(3-5-16)18-21-17(27-22-18)13-23-8-10-24(11-9-23)19(25)15-6-7-20-12-15/h2-5,15,20H,6-13H2,1H3. The Morgan fingerprint density at radius 2 is 2.04 bits per heavy atom. The summed E-state index contributed by atoms with van der Waals surface area (Å²) in [4.78, 5) is 21.2. The summed E-state index contributed by atoms with van der Waals surface area (Å²) in [5.41, 5.74) is 0.895. The second-order valence-electron chi connectivity index (χ2n) is 7.03. The molecule has 1 N–H and O–H groups in total. The molecular formula is C19H25N5O3. The maximum atomic E-state index is 12.5. The Morgan fingerprint density at radius 3 is 2.70 bits per heavy atom. The van der Waals surface area contributed by atoms with E-state index in [1.807, 2.05) is 29.2 Å². The van der Waals surface area contributed by atoms with Crippen molar-refractivity contribution in [2.45, 2.75) is 13.0 Å². The Kier molecular flexibility index (Phi) is 5.35. The summed E-state index contributed by atoms with van der Waals surface area (Å²) in [6, 6.07) is 7.58. The van der Waals surface area contributed by atoms with E-state index in [1.165, 1.54) is 0 Å². The first-order valence-corrected chi connectivity index (χ1v) is 9.42. The SMILES string of the molecule is COc1ccc(-c2noc(CN3CCN(C(=O)C4CCNC4)CC3)n2)cc1. The molecule has 8 heteroatoms. The van der Waals surface area contributed by atoms with Gasteiger partial charge in [0.25, 0.3) is 0 Å². The Balaban J connectivity index is 1.30. The van der Waals surface area contributed by atoms with E-state index in [0.29, 0.717) is 24.2 Å². The van der Waals surface area contributed by atoms with Gasteiger partial charge >= 0.3 is 0 Å². The predicted molar refractivity (Wildman–Crippen MR) is 99.1 cm³/mol. The van der Waals surface area contributed by atoms with Gasteiger partial charge in [-0.05, 0) is 37.2 Å². The number of piperazine rings is 1. The molecule has 8 nitrogen and oxygen atoms in total. The molecular weight excluding hydrogens is 346 g/mol. The van der Waals surface area contributed by atoms with Crippen molar-refractivity contribution in [3.63, 3.8) is 0 Å². The fraction of sp³-hybridized carbons (Fsp3) is 0.526. The third-order valence-electron chi connectivity index (χ3n) is 5.27. The average Bonchev–Trinajstić information content (AvgIpc) is 3.40. The Morgan fingerprint density at radius 1 is 1.26 bits per heavy atom. The number of aromatic nitrogens is 2. The lowest BCUT2D eigenvalue weighted by Gasteiger charge is -2.35. The summed E-state index contributed by atoms with van der Waals surface area (Å²) in [7, 11) is 1.64. The van der Waals surface area contributed by atoms with Crippen LogP contribution in [0.5, 0.6) is 5.75 Å². The van der Waals surface area contributed by atoms with Gasteiger partial charge in [0.15, 0.2) is 0 Å². The molecule has 1 amide bonds. The monoisotopic (exact) mass is 371 g/mol. The van der Waals surface area contributed by atoms with Gasteiger partial charge in [-0.2, -0.15) is 4.98 Å². The second-order valence-corrected chi connectivity index (χ2v) is 7.03. The number of rotatable bonds is 5. The maximum Gasteiger partial charge on any atom is 0.241 e. The van der Waals surface area contributed by atoms with Crippen LogP contribution in [-0.4, -0.2) is 72.2 Å². The Labute approximate surface area is 158 Å². The molecule has 0 aliphatic carbocycles. The van der Waals surface area contributed by atoms with E-state index in [4.69, 9.17) is 9.26 Å². The number of carbonyl (C=O) groups excluding carboxylic acids is 1. The molecule has 3 heterocycles. The van der Waals surface area contributed by atoms with E-state index >= 15 is 0 Å². The van der Waals surface area contributed by atoms with Gasteiger partial charge in [0, 0.05) is 38.3 Å². The summed E-state index contributed by atoms with van der Waals surface area (Å²) < 4.78 is 10.6. The van der Waals surface area contributed by atoms with Crippen LogP contribution in [0.2, 0.25) is 0 Å². The Bertz CT molecular complexity index is 762. The molecule has 1 atom stereocenters. The van der Waals surface area contributed by atoms with Crippen LogP contribution in [-0.2, 0) is 11.3 Å². The molecule has 2 aliphatic rings. The van der Waals surface area contributed by atoms with Gasteiger partial charge in [0.1, 0.15) is 5.75 Å². The summed E-state index contributed by atoms with van der Waals surface area (Å²) in [6.07, 6.45) is 0.954. The molecule has 1 unspecified atom stereocenters. The minimum Gasteiger partial charge on any atom is -0.497 e. The number of ether oxygens (including phenoxy) is 1. The lowest BCUT2D eigenvalue weighted by molar-refractivity contribution is -0.136. The zero-order chi connectivity index (χ0) is 18.6. The first-order chi connectivity index (χ1) is 13.2. The normalized spacial score (nSPS) is 20.8. The zero-order valence-electron chi connectivity index (χ0n) is 15.6. The van der Waals surface area contributed by atoms with Gasteiger partial charge in [0.05, 0.1) is 19.6 Å². The number of carbonyl (C=O) groups is 1. The molecule has 1 aromatic heterocycles. The van der Waals surface area contributed by atoms with Crippen molar-refractivity contribution < 1.29 is 14.1 Å². The molecule has 144 valence electrons. The van der Waals surface area contributed by atoms with Crippen molar-refractivity contribution in [3.8, 4) is 17.1 Å². The van der Waals surface area contributed by atoms with Gasteiger partial charge in [0.2, 0.25) is 17.6 Å². The van der Waals surface area contributed by atoms with Gasteiger partial charge < -0.3 is 19.5 Å². The van der Waals surface area contributed by atoms with Crippen molar-refractivity contribution in [2.24, 2.45) is 5.92 Å². The molecule has 0 bridgehead atoms. The smallest absolute Gasteiger partial charge is 0.241 e. The highest BCUT2D eigenvalue weighted by atomic mass is 16.5. The van der Waals surface area contributed by atoms with Gasteiger partial charge in [-0.3, -0.25) is 9.69 Å². The first kappa shape index (κ1) is 17.9. The minimum atomic E-state index is 0.152. The summed E-state index contributed by atoms with van der Waals surface area (Å²) in [5.74, 6) is 2.41. The Hall–Kier alpha value is -2.45. The van der Waals surface area contributed by atoms with Crippen molar-refractivity contribution in [2.75, 3.05) is 46.4 Å². The van der Waals surface area contributed by atoms with Crippen molar-refractivity contribution in [3.05, 3.63) is 30.2 Å². The number of hydrogen-bond acceptors (Lipinski definition) is 7. The lowest BCUT2D eigenvalue weighted by Crippen LogP contribution is -2.50. The third-order valence-corrected chi connectivity index (χ3v) is 5.27. The molecule has 0 saturated carbocycles. The average molecular weight is 371 g/mol. The number of methoxy groups -OCH3 is 1. The quantitative estimate of drug-likeness (QED) is 0.839. The molecule has 0 spiro atoms. The molecule has 2 fully saturated rings. The molecule has 27 heavy (non-hydrogen) atoms. The highest BCUT2D eigenvalue weighted by Crippen LogP contribution is 2.20. The van der Waals surface area contributed by atoms with Gasteiger partial charge in [-0.25, -0.2) is 0 Å². The van der Waals surface area contributed by atoms with Crippen molar-refractivity contribution >= 4 is 5.91 Å². The lowest BCUT2D eigenvalue weighted by atomic mass is 10.1. The van der Waals surface area contributed by atoms with Crippen LogP contribution < -0.4 is 10.1 Å². The number of hydrogen-bond donors (Lipinski definition) is 1. The minimum absolute atomic E-state index is 0.152. The molecule has 2 saturated heterocycles. The molecule has 2 aromatic rings. The zero-order valence-corrected chi connectivity index (χ0v) is 15.6. The third kappa shape index (κ3) is 4.12. The largest absolute Gasteiger partial charge is 0.497 e. The maximum absolute atomic E-state index is 12.5. The molecule has 1 aromatic carbocycles. The first-order valence-electron chi connectivity index (χ1n) is 9.42. The molecule has 4 rings (SSSR count). The highest BCUT2D eigenvalue weighted by molar-refractivity contribution is 5.79. The van der Waals surface area contributed by atoms with Crippen LogP contribution in [0.4, 0.5) is 0 Å². The van der Waals surface area contributed by atoms with Crippen molar-refractivity contribution in [1.82, 2.24) is 25.3 Å². The number of nitrogens with one attached hydrogen (secondary N) is 1. The van der Waals surface area contributed by atoms with Crippen LogP contribution in [0.3, 0.4) is 0 Å². The van der Waals surface area contributed by atoms with E-state index in [2.05, 4.69) is 20.4 Å². The van der Waals surface area contributed by atoms with Crippen LogP contribution in [0, 0.1) is 5.92 Å². The van der Waals surface area contributed by atoms with Gasteiger partial charge in [-0.1, -0.05) is 5.16 Å². The molecule has 0 radical (unpaired) electrons. The number of amides is 1. The summed E-state index contributed by atoms with van der Waals surface area (Å²) in [5, 5.41) is 7.34. The fourth-order valence-electron chi connectivity index (χ4n) is 3.62. The van der Waals surface area contributed by atoms with Crippen LogP contribution in [0.15, 0.2) is 28.8 Å². The van der Waals surface area contributed by atoms with E-state index in [-0.39, 0.29) is 5.92 Å². The van der Waals surface area contributed by atoms with Crippen LogP contribution in [0.1, 0.15) is 12.3 Å².